The minimum atomic E-state index is -0.628. The summed E-state index contributed by atoms with van der Waals surface area (Å²) in [6.45, 7) is 5.95. The molecular formula is C23H28N2O2. The molecule has 4 heteroatoms. The molecule has 0 saturated carbocycles. The zero-order valence-electron chi connectivity index (χ0n) is 16.4. The van der Waals surface area contributed by atoms with Crippen LogP contribution in [0.5, 0.6) is 0 Å². The van der Waals surface area contributed by atoms with Crippen LogP contribution in [-0.2, 0) is 22.4 Å². The maximum Gasteiger partial charge on any atom is 0.313 e. The number of hydrogen-bond donors (Lipinski definition) is 2. The highest BCUT2D eigenvalue weighted by Gasteiger charge is 2.20. The van der Waals surface area contributed by atoms with E-state index in [0.29, 0.717) is 5.69 Å². The van der Waals surface area contributed by atoms with Gasteiger partial charge in [0.2, 0.25) is 0 Å². The second-order valence-corrected chi connectivity index (χ2v) is 7.50. The number of rotatable bonds is 4. The smallest absolute Gasteiger partial charge is 0.313 e. The van der Waals surface area contributed by atoms with E-state index in [1.54, 1.807) is 0 Å². The van der Waals surface area contributed by atoms with Gasteiger partial charge in [-0.1, -0.05) is 31.2 Å². The molecular weight excluding hydrogens is 336 g/mol. The van der Waals surface area contributed by atoms with Crippen LogP contribution in [0, 0.1) is 13.8 Å². The first-order valence-electron chi connectivity index (χ1n) is 9.78. The molecule has 1 aliphatic rings. The summed E-state index contributed by atoms with van der Waals surface area (Å²) in [5, 5.41) is 5.59. The predicted octanol–water partition coefficient (Wildman–Crippen LogP) is 4.39. The Morgan fingerprint density at radius 1 is 0.926 bits per heavy atom. The van der Waals surface area contributed by atoms with Gasteiger partial charge in [-0.15, -0.1) is 0 Å². The Labute approximate surface area is 161 Å². The third-order valence-electron chi connectivity index (χ3n) is 5.17. The van der Waals surface area contributed by atoms with Gasteiger partial charge >= 0.3 is 11.8 Å². The van der Waals surface area contributed by atoms with E-state index in [4.69, 9.17) is 0 Å². The minimum Gasteiger partial charge on any atom is -0.341 e. The molecule has 1 unspecified atom stereocenters. The average Bonchev–Trinajstić information content (AvgIpc) is 2.64. The second kappa shape index (κ2) is 8.38. The first-order valence-corrected chi connectivity index (χ1v) is 9.78. The van der Waals surface area contributed by atoms with Gasteiger partial charge in [-0.25, -0.2) is 0 Å². The fraction of sp³-hybridized carbons (Fsp3) is 0.391. The van der Waals surface area contributed by atoms with E-state index in [0.717, 1.165) is 36.0 Å². The van der Waals surface area contributed by atoms with Crippen molar-refractivity contribution in [3.8, 4) is 0 Å². The Balaban J connectivity index is 1.68. The summed E-state index contributed by atoms with van der Waals surface area (Å²) >= 11 is 0. The number of nitrogens with one attached hydrogen (secondary N) is 2. The molecule has 0 aliphatic heterocycles. The van der Waals surface area contributed by atoms with Crippen molar-refractivity contribution in [2.24, 2.45) is 0 Å². The summed E-state index contributed by atoms with van der Waals surface area (Å²) in [5.41, 5.74) is 6.61. The van der Waals surface area contributed by atoms with Gasteiger partial charge in [0.05, 0.1) is 6.04 Å². The van der Waals surface area contributed by atoms with Gasteiger partial charge in [0, 0.05) is 5.69 Å². The van der Waals surface area contributed by atoms with Crippen LogP contribution in [0.25, 0.3) is 0 Å². The minimum absolute atomic E-state index is 0.158. The normalized spacial score (nSPS) is 14.2. The number of carbonyl (C=O) groups excluding carboxylic acids is 2. The number of amides is 2. The van der Waals surface area contributed by atoms with Crippen LogP contribution in [-0.4, -0.2) is 11.8 Å². The van der Waals surface area contributed by atoms with Crippen LogP contribution in [0.4, 0.5) is 5.69 Å². The van der Waals surface area contributed by atoms with Gasteiger partial charge < -0.3 is 10.6 Å². The van der Waals surface area contributed by atoms with E-state index < -0.39 is 11.8 Å². The summed E-state index contributed by atoms with van der Waals surface area (Å²) in [5.74, 6) is -1.23. The largest absolute Gasteiger partial charge is 0.341 e. The van der Waals surface area contributed by atoms with Crippen molar-refractivity contribution >= 4 is 17.5 Å². The molecule has 1 aliphatic carbocycles. The Kier molecular flexibility index (Phi) is 5.94. The molecule has 0 saturated heterocycles. The first-order chi connectivity index (χ1) is 13.0. The maximum atomic E-state index is 12.4. The summed E-state index contributed by atoms with van der Waals surface area (Å²) in [6, 6.07) is 12.0. The van der Waals surface area contributed by atoms with Crippen LogP contribution in [0.2, 0.25) is 0 Å². The van der Waals surface area contributed by atoms with Crippen molar-refractivity contribution < 1.29 is 9.59 Å². The van der Waals surface area contributed by atoms with Crippen molar-refractivity contribution in [2.45, 2.75) is 58.9 Å². The quantitative estimate of drug-likeness (QED) is 0.791. The average molecular weight is 364 g/mol. The molecule has 0 heterocycles. The van der Waals surface area contributed by atoms with Gasteiger partial charge in [-0.3, -0.25) is 9.59 Å². The van der Waals surface area contributed by atoms with Gasteiger partial charge in [0.25, 0.3) is 0 Å². The molecule has 2 amide bonds. The van der Waals surface area contributed by atoms with Crippen molar-refractivity contribution in [2.75, 3.05) is 5.32 Å². The van der Waals surface area contributed by atoms with Crippen LogP contribution >= 0.6 is 0 Å². The Morgan fingerprint density at radius 3 is 2.26 bits per heavy atom. The zero-order chi connectivity index (χ0) is 19.4. The lowest BCUT2D eigenvalue weighted by Crippen LogP contribution is -2.37. The summed E-state index contributed by atoms with van der Waals surface area (Å²) in [6.07, 6.45) is 5.44. The number of fused-ring (bicyclic) bond motifs is 1. The highest BCUT2D eigenvalue weighted by atomic mass is 16.2. The van der Waals surface area contributed by atoms with Crippen molar-refractivity contribution in [1.29, 1.82) is 0 Å². The van der Waals surface area contributed by atoms with Gasteiger partial charge in [-0.2, -0.15) is 0 Å². The van der Waals surface area contributed by atoms with Crippen LogP contribution < -0.4 is 10.6 Å². The third-order valence-corrected chi connectivity index (χ3v) is 5.17. The molecule has 0 aromatic heterocycles. The lowest BCUT2D eigenvalue weighted by atomic mass is 9.89. The van der Waals surface area contributed by atoms with E-state index in [2.05, 4.69) is 28.8 Å². The van der Waals surface area contributed by atoms with Gasteiger partial charge in [0.1, 0.15) is 0 Å². The molecule has 0 bridgehead atoms. The maximum absolute atomic E-state index is 12.4. The van der Waals surface area contributed by atoms with E-state index in [1.807, 2.05) is 39.0 Å². The van der Waals surface area contributed by atoms with Crippen LogP contribution in [0.15, 0.2) is 36.4 Å². The second-order valence-electron chi connectivity index (χ2n) is 7.50. The topological polar surface area (TPSA) is 58.2 Å². The Bertz CT molecular complexity index is 837. The van der Waals surface area contributed by atoms with E-state index in [-0.39, 0.29) is 6.04 Å². The zero-order valence-corrected chi connectivity index (χ0v) is 16.4. The lowest BCUT2D eigenvalue weighted by Gasteiger charge is -2.21. The molecule has 0 radical (unpaired) electrons. The van der Waals surface area contributed by atoms with Crippen LogP contribution in [0.1, 0.15) is 60.0 Å². The molecule has 3 rings (SSSR count). The molecule has 2 N–H and O–H groups in total. The third kappa shape index (κ3) is 4.76. The van der Waals surface area contributed by atoms with Gasteiger partial charge in [-0.05, 0) is 85.9 Å². The number of carbonyl (C=O) groups is 2. The lowest BCUT2D eigenvalue weighted by molar-refractivity contribution is -0.136. The fourth-order valence-corrected chi connectivity index (χ4v) is 3.85. The molecule has 0 fully saturated rings. The summed E-state index contributed by atoms with van der Waals surface area (Å²) in [7, 11) is 0. The molecule has 4 nitrogen and oxygen atoms in total. The molecule has 2 aromatic rings. The highest BCUT2D eigenvalue weighted by Crippen LogP contribution is 2.26. The van der Waals surface area contributed by atoms with E-state index in [1.165, 1.54) is 24.0 Å². The Morgan fingerprint density at radius 2 is 1.59 bits per heavy atom. The number of aryl methyl sites for hydroxylation is 4. The number of benzene rings is 2. The molecule has 0 spiro atoms. The number of anilines is 1. The first kappa shape index (κ1) is 19.2. The van der Waals surface area contributed by atoms with Crippen molar-refractivity contribution in [3.63, 3.8) is 0 Å². The molecule has 2 aromatic carbocycles. The van der Waals surface area contributed by atoms with Crippen LogP contribution in [0.3, 0.4) is 0 Å². The van der Waals surface area contributed by atoms with E-state index in [9.17, 15) is 9.59 Å². The van der Waals surface area contributed by atoms with E-state index >= 15 is 0 Å². The fourth-order valence-electron chi connectivity index (χ4n) is 3.85. The predicted molar refractivity (Wildman–Crippen MR) is 109 cm³/mol. The molecule has 27 heavy (non-hydrogen) atoms. The molecule has 1 atom stereocenters. The standard InChI is InChI=1S/C23H28N2O2/c1-4-21(19-10-9-17-7-5-6-8-18(17)14-19)25-23(27)22(26)24-20-12-15(2)11-16(3)13-20/h9-14,21H,4-8H2,1-3H3,(H,24,26)(H,25,27). The van der Waals surface area contributed by atoms with Crippen molar-refractivity contribution in [1.82, 2.24) is 5.32 Å². The number of hydrogen-bond acceptors (Lipinski definition) is 2. The summed E-state index contributed by atoms with van der Waals surface area (Å²) in [4.78, 5) is 24.8. The monoisotopic (exact) mass is 364 g/mol. The Hall–Kier alpha value is -2.62. The molecule has 142 valence electrons. The summed E-state index contributed by atoms with van der Waals surface area (Å²) < 4.78 is 0. The van der Waals surface area contributed by atoms with Gasteiger partial charge in [0.15, 0.2) is 0 Å². The van der Waals surface area contributed by atoms with Crippen molar-refractivity contribution in [3.05, 3.63) is 64.2 Å². The highest BCUT2D eigenvalue weighted by molar-refractivity contribution is 6.39. The SMILES string of the molecule is CCC(NC(=O)C(=O)Nc1cc(C)cc(C)c1)c1ccc2c(c1)CCCC2.